The highest BCUT2D eigenvalue weighted by Crippen LogP contribution is 2.21. The van der Waals surface area contributed by atoms with Gasteiger partial charge in [-0.3, -0.25) is 4.79 Å². The number of carbonyl (C=O) groups is 1. The molecule has 0 fully saturated rings. The summed E-state index contributed by atoms with van der Waals surface area (Å²) in [6, 6.07) is 25.6. The predicted octanol–water partition coefficient (Wildman–Crippen LogP) is 6.16. The molecule has 0 spiro atoms. The second kappa shape index (κ2) is 8.76. The Hall–Kier alpha value is -3.41. The van der Waals surface area contributed by atoms with Gasteiger partial charge in [0.2, 0.25) is 0 Å². The van der Waals surface area contributed by atoms with Crippen molar-refractivity contribution in [3.05, 3.63) is 113 Å². The molecule has 4 aromatic carbocycles. The molecule has 4 nitrogen and oxygen atoms in total. The van der Waals surface area contributed by atoms with Gasteiger partial charge >= 0.3 is 10.1 Å². The molecule has 154 valence electrons. The minimum atomic E-state index is -3.95. The van der Waals surface area contributed by atoms with Crippen LogP contribution in [-0.2, 0) is 10.1 Å². The fraction of sp³-hybridized carbons (Fsp3) is 0. The minimum Gasteiger partial charge on any atom is -0.379 e. The third-order valence-corrected chi connectivity index (χ3v) is 6.16. The van der Waals surface area contributed by atoms with Gasteiger partial charge in [0.15, 0.2) is 5.78 Å². The van der Waals surface area contributed by atoms with Crippen LogP contribution in [0, 0.1) is 0 Å². The average molecular weight is 449 g/mol. The van der Waals surface area contributed by atoms with Gasteiger partial charge in [-0.2, -0.15) is 8.42 Å². The first-order valence-electron chi connectivity index (χ1n) is 9.42. The largest absolute Gasteiger partial charge is 0.379 e. The van der Waals surface area contributed by atoms with E-state index >= 15 is 0 Å². The van der Waals surface area contributed by atoms with Gasteiger partial charge in [-0.05, 0) is 64.9 Å². The molecule has 31 heavy (non-hydrogen) atoms. The SMILES string of the molecule is O=C(/C=C/c1ccc(OS(=O)(=O)c2ccc(Cl)cc2)cc1)c1ccc2ccccc2c1. The minimum absolute atomic E-state index is 0.0156. The first-order chi connectivity index (χ1) is 14.9. The van der Waals surface area contributed by atoms with Crippen LogP contribution in [0.3, 0.4) is 0 Å². The molecule has 0 unspecified atom stereocenters. The Balaban J connectivity index is 1.45. The molecule has 0 amide bonds. The zero-order valence-electron chi connectivity index (χ0n) is 16.2. The number of fused-ring (bicyclic) bond motifs is 1. The maximum absolute atomic E-state index is 12.5. The van der Waals surface area contributed by atoms with Crippen LogP contribution < -0.4 is 4.18 Å². The standard InChI is InChI=1S/C25H17ClO4S/c26-22-10-14-24(15-11-22)31(28,29)30-23-12-5-18(6-13-23)7-16-25(27)21-9-8-19-3-1-2-4-20(19)17-21/h1-17H/b16-7+. The van der Waals surface area contributed by atoms with Crippen molar-refractivity contribution in [3.8, 4) is 5.75 Å². The lowest BCUT2D eigenvalue weighted by Gasteiger charge is -2.07. The quantitative estimate of drug-likeness (QED) is 0.201. The highest BCUT2D eigenvalue weighted by atomic mass is 35.5. The van der Waals surface area contributed by atoms with Crippen LogP contribution >= 0.6 is 11.6 Å². The lowest BCUT2D eigenvalue weighted by Crippen LogP contribution is -2.09. The molecule has 6 heteroatoms. The summed E-state index contributed by atoms with van der Waals surface area (Å²) in [5, 5.41) is 2.52. The number of hydrogen-bond donors (Lipinski definition) is 0. The fourth-order valence-electron chi connectivity index (χ4n) is 3.02. The van der Waals surface area contributed by atoms with Crippen LogP contribution in [0.1, 0.15) is 15.9 Å². The van der Waals surface area contributed by atoms with E-state index in [0.717, 1.165) is 16.3 Å². The highest BCUT2D eigenvalue weighted by molar-refractivity contribution is 7.87. The molecule has 0 N–H and O–H groups in total. The number of allylic oxidation sites excluding steroid dienone is 1. The Labute approximate surface area is 185 Å². The van der Waals surface area contributed by atoms with Crippen molar-refractivity contribution in [2.45, 2.75) is 4.90 Å². The number of hydrogen-bond acceptors (Lipinski definition) is 4. The molecule has 0 radical (unpaired) electrons. The number of rotatable bonds is 6. The van der Waals surface area contributed by atoms with E-state index in [1.165, 1.54) is 42.5 Å². The number of carbonyl (C=O) groups excluding carboxylic acids is 1. The van der Waals surface area contributed by atoms with E-state index in [4.69, 9.17) is 15.8 Å². The topological polar surface area (TPSA) is 60.4 Å². The molecule has 0 bridgehead atoms. The van der Waals surface area contributed by atoms with Gasteiger partial charge in [-0.1, -0.05) is 66.2 Å². The summed E-state index contributed by atoms with van der Waals surface area (Å²) in [5.74, 6) is 0.0596. The molecule has 0 aliphatic heterocycles. The van der Waals surface area contributed by atoms with E-state index < -0.39 is 10.1 Å². The molecule has 0 aliphatic carbocycles. The third-order valence-electron chi connectivity index (χ3n) is 4.65. The van der Waals surface area contributed by atoms with Crippen LogP contribution in [0.2, 0.25) is 5.02 Å². The zero-order chi connectivity index (χ0) is 21.8. The Morgan fingerprint density at radius 1 is 0.806 bits per heavy atom. The smallest absolute Gasteiger partial charge is 0.339 e. The summed E-state index contributed by atoms with van der Waals surface area (Å²) in [4.78, 5) is 12.5. The second-order valence-electron chi connectivity index (χ2n) is 6.82. The van der Waals surface area contributed by atoms with Gasteiger partial charge in [-0.25, -0.2) is 0 Å². The van der Waals surface area contributed by atoms with Crippen molar-refractivity contribution < 1.29 is 17.4 Å². The molecular weight excluding hydrogens is 432 g/mol. The summed E-state index contributed by atoms with van der Waals surface area (Å²) < 4.78 is 29.8. The molecule has 0 saturated heterocycles. The van der Waals surface area contributed by atoms with Gasteiger partial charge in [0.05, 0.1) is 0 Å². The molecule has 0 heterocycles. The van der Waals surface area contributed by atoms with E-state index in [1.54, 1.807) is 24.3 Å². The first kappa shape index (κ1) is 20.8. The molecular formula is C25H17ClO4S. The maximum Gasteiger partial charge on any atom is 0.339 e. The lowest BCUT2D eigenvalue weighted by molar-refractivity contribution is 0.104. The Bertz CT molecular complexity index is 1370. The molecule has 4 aromatic rings. The van der Waals surface area contributed by atoms with Crippen LogP contribution in [0.15, 0.2) is 102 Å². The van der Waals surface area contributed by atoms with E-state index in [2.05, 4.69) is 0 Å². The monoisotopic (exact) mass is 448 g/mol. The van der Waals surface area contributed by atoms with Crippen LogP contribution in [0.4, 0.5) is 0 Å². The summed E-state index contributed by atoms with van der Waals surface area (Å²) in [7, 11) is -3.95. The van der Waals surface area contributed by atoms with Crippen molar-refractivity contribution in [3.63, 3.8) is 0 Å². The molecule has 0 aliphatic rings. The average Bonchev–Trinajstić information content (AvgIpc) is 2.78. The van der Waals surface area contributed by atoms with Gasteiger partial charge in [0.25, 0.3) is 0 Å². The Kier molecular flexibility index (Phi) is 5.89. The summed E-state index contributed by atoms with van der Waals surface area (Å²) in [6.45, 7) is 0. The second-order valence-corrected chi connectivity index (χ2v) is 8.80. The molecule has 0 saturated carbocycles. The molecule has 0 aromatic heterocycles. The van der Waals surface area contributed by atoms with Crippen LogP contribution in [-0.4, -0.2) is 14.2 Å². The van der Waals surface area contributed by atoms with Gasteiger partial charge < -0.3 is 4.18 Å². The van der Waals surface area contributed by atoms with Crippen molar-refractivity contribution in [1.29, 1.82) is 0 Å². The third kappa shape index (κ3) is 5.02. The summed E-state index contributed by atoms with van der Waals surface area (Å²) >= 11 is 5.79. The van der Waals surface area contributed by atoms with E-state index in [9.17, 15) is 13.2 Å². The maximum atomic E-state index is 12.5. The first-order valence-corrected chi connectivity index (χ1v) is 11.2. The zero-order valence-corrected chi connectivity index (χ0v) is 17.8. The highest BCUT2D eigenvalue weighted by Gasteiger charge is 2.16. The Morgan fingerprint density at radius 2 is 1.48 bits per heavy atom. The van der Waals surface area contributed by atoms with Crippen molar-refractivity contribution in [2.24, 2.45) is 0 Å². The predicted molar refractivity (Wildman–Crippen MR) is 123 cm³/mol. The summed E-state index contributed by atoms with van der Waals surface area (Å²) in [6.07, 6.45) is 3.17. The van der Waals surface area contributed by atoms with Crippen molar-refractivity contribution >= 4 is 44.4 Å². The number of ketones is 1. The number of benzene rings is 4. The van der Waals surface area contributed by atoms with Crippen molar-refractivity contribution in [1.82, 2.24) is 0 Å². The summed E-state index contributed by atoms with van der Waals surface area (Å²) in [5.41, 5.74) is 1.34. The normalized spacial score (nSPS) is 11.6. The van der Waals surface area contributed by atoms with Gasteiger partial charge in [0, 0.05) is 10.6 Å². The lowest BCUT2D eigenvalue weighted by atomic mass is 10.0. The molecule has 4 rings (SSSR count). The van der Waals surface area contributed by atoms with Gasteiger partial charge in [-0.15, -0.1) is 0 Å². The van der Waals surface area contributed by atoms with E-state index in [1.807, 2.05) is 36.4 Å². The van der Waals surface area contributed by atoms with Gasteiger partial charge in [0.1, 0.15) is 10.6 Å². The fourth-order valence-corrected chi connectivity index (χ4v) is 4.08. The van der Waals surface area contributed by atoms with E-state index in [-0.39, 0.29) is 16.4 Å². The van der Waals surface area contributed by atoms with Crippen LogP contribution in [0.5, 0.6) is 5.75 Å². The number of halogens is 1. The van der Waals surface area contributed by atoms with E-state index in [0.29, 0.717) is 10.6 Å². The Morgan fingerprint density at radius 3 is 2.19 bits per heavy atom. The van der Waals surface area contributed by atoms with Crippen molar-refractivity contribution in [2.75, 3.05) is 0 Å². The molecule has 0 atom stereocenters. The van der Waals surface area contributed by atoms with Crippen LogP contribution in [0.25, 0.3) is 16.8 Å².